The van der Waals surface area contributed by atoms with Crippen molar-refractivity contribution >= 4 is 44.5 Å². The lowest BCUT2D eigenvalue weighted by atomic mass is 10.2. The number of nitrogens with two attached hydrogens (primary N) is 1. The van der Waals surface area contributed by atoms with E-state index in [1.807, 2.05) is 29.6 Å². The third-order valence-corrected chi connectivity index (χ3v) is 3.75. The summed E-state index contributed by atoms with van der Waals surface area (Å²) in [6, 6.07) is 14.6. The Bertz CT molecular complexity index is 766. The fourth-order valence-corrected chi connectivity index (χ4v) is 2.73. The molecule has 20 heavy (non-hydrogen) atoms. The maximum Gasteiger partial charge on any atom is 0.323 e. The number of nitrogens with one attached hydrogen (secondary N) is 2. The summed E-state index contributed by atoms with van der Waals surface area (Å²) >= 11 is 1.68. The van der Waals surface area contributed by atoms with Crippen molar-refractivity contribution in [1.29, 1.82) is 0 Å². The number of benzene rings is 2. The van der Waals surface area contributed by atoms with E-state index in [0.717, 1.165) is 11.1 Å². The van der Waals surface area contributed by atoms with Gasteiger partial charge in [0, 0.05) is 21.8 Å². The second-order valence-electron chi connectivity index (χ2n) is 4.38. The molecule has 0 radical (unpaired) electrons. The summed E-state index contributed by atoms with van der Waals surface area (Å²) in [6.45, 7) is 0. The molecular formula is C15H13N3OS. The lowest BCUT2D eigenvalue weighted by Gasteiger charge is -2.08. The lowest BCUT2D eigenvalue weighted by Crippen LogP contribution is -2.19. The first-order valence-electron chi connectivity index (χ1n) is 6.11. The summed E-state index contributed by atoms with van der Waals surface area (Å²) in [5.74, 6) is 0. The Labute approximate surface area is 120 Å². The van der Waals surface area contributed by atoms with E-state index >= 15 is 0 Å². The second-order valence-corrected chi connectivity index (χ2v) is 5.33. The number of amides is 2. The molecule has 0 spiro atoms. The minimum Gasteiger partial charge on any atom is -0.399 e. The number of fused-ring (bicyclic) bond motifs is 1. The molecule has 2 amide bonds. The Kier molecular flexibility index (Phi) is 3.26. The van der Waals surface area contributed by atoms with Crippen LogP contribution in [0.1, 0.15) is 0 Å². The Balaban J connectivity index is 1.72. The summed E-state index contributed by atoms with van der Waals surface area (Å²) in [4.78, 5) is 11.9. The average Bonchev–Trinajstić information content (AvgIpc) is 2.86. The Morgan fingerprint density at radius 2 is 1.80 bits per heavy atom. The van der Waals surface area contributed by atoms with E-state index in [9.17, 15) is 4.79 Å². The van der Waals surface area contributed by atoms with Crippen LogP contribution in [0.4, 0.5) is 21.9 Å². The van der Waals surface area contributed by atoms with Gasteiger partial charge >= 0.3 is 6.03 Å². The third kappa shape index (κ3) is 2.73. The fraction of sp³-hybridized carbons (Fsp3) is 0. The van der Waals surface area contributed by atoms with E-state index in [2.05, 4.69) is 10.6 Å². The molecule has 0 unspecified atom stereocenters. The lowest BCUT2D eigenvalue weighted by molar-refractivity contribution is 0.262. The molecule has 0 fully saturated rings. The van der Waals surface area contributed by atoms with E-state index < -0.39 is 0 Å². The molecule has 0 aliphatic heterocycles. The molecule has 2 aromatic carbocycles. The molecule has 3 aromatic rings. The first kappa shape index (κ1) is 12.5. The van der Waals surface area contributed by atoms with Crippen molar-refractivity contribution in [3.05, 3.63) is 53.9 Å². The number of carbonyl (C=O) groups excluding carboxylic acids is 1. The predicted octanol–water partition coefficient (Wildman–Crippen LogP) is 4.13. The first-order chi connectivity index (χ1) is 9.70. The normalized spacial score (nSPS) is 10.4. The molecule has 0 bridgehead atoms. The SMILES string of the molecule is Nc1cccc(NC(=O)Nc2ccc3sccc3c2)c1. The van der Waals surface area contributed by atoms with Crippen molar-refractivity contribution in [3.63, 3.8) is 0 Å². The van der Waals surface area contributed by atoms with Gasteiger partial charge in [0.15, 0.2) is 0 Å². The van der Waals surface area contributed by atoms with Gasteiger partial charge in [-0.1, -0.05) is 6.07 Å². The number of nitrogen functional groups attached to an aromatic ring is 1. The van der Waals surface area contributed by atoms with E-state index in [4.69, 9.17) is 5.73 Å². The predicted molar refractivity (Wildman–Crippen MR) is 85.3 cm³/mol. The number of urea groups is 1. The van der Waals surface area contributed by atoms with Crippen LogP contribution in [0.5, 0.6) is 0 Å². The molecule has 0 saturated heterocycles. The van der Waals surface area contributed by atoms with Crippen LogP contribution < -0.4 is 16.4 Å². The quantitative estimate of drug-likeness (QED) is 0.619. The standard InChI is InChI=1S/C15H13N3OS/c16-11-2-1-3-12(9-11)17-15(19)18-13-4-5-14-10(8-13)6-7-20-14/h1-9H,16H2,(H2,17,18,19). The van der Waals surface area contributed by atoms with Crippen LogP contribution in [0.15, 0.2) is 53.9 Å². The van der Waals surface area contributed by atoms with E-state index in [1.165, 1.54) is 4.70 Å². The van der Waals surface area contributed by atoms with Crippen molar-refractivity contribution in [2.75, 3.05) is 16.4 Å². The molecule has 1 heterocycles. The van der Waals surface area contributed by atoms with E-state index in [1.54, 1.807) is 35.6 Å². The highest BCUT2D eigenvalue weighted by molar-refractivity contribution is 7.17. The first-order valence-corrected chi connectivity index (χ1v) is 6.99. The molecule has 1 aromatic heterocycles. The highest BCUT2D eigenvalue weighted by Crippen LogP contribution is 2.24. The van der Waals surface area contributed by atoms with Crippen LogP contribution in [-0.2, 0) is 0 Å². The second kappa shape index (κ2) is 5.22. The summed E-state index contributed by atoms with van der Waals surface area (Å²) in [7, 11) is 0. The topological polar surface area (TPSA) is 67.1 Å². The van der Waals surface area contributed by atoms with Gasteiger partial charge in [-0.05, 0) is 53.2 Å². The van der Waals surface area contributed by atoms with Crippen LogP contribution >= 0.6 is 11.3 Å². The molecule has 5 heteroatoms. The molecular weight excluding hydrogens is 270 g/mol. The zero-order chi connectivity index (χ0) is 13.9. The largest absolute Gasteiger partial charge is 0.399 e. The number of rotatable bonds is 2. The van der Waals surface area contributed by atoms with Gasteiger partial charge in [-0.25, -0.2) is 4.79 Å². The zero-order valence-corrected chi connectivity index (χ0v) is 11.4. The molecule has 100 valence electrons. The number of hydrogen-bond donors (Lipinski definition) is 3. The number of thiophene rings is 1. The van der Waals surface area contributed by atoms with Gasteiger partial charge in [0.05, 0.1) is 0 Å². The molecule has 0 aliphatic carbocycles. The van der Waals surface area contributed by atoms with Gasteiger partial charge in [0.1, 0.15) is 0 Å². The highest BCUT2D eigenvalue weighted by Gasteiger charge is 2.04. The molecule has 0 atom stereocenters. The Morgan fingerprint density at radius 1 is 1.00 bits per heavy atom. The van der Waals surface area contributed by atoms with Crippen molar-refractivity contribution in [1.82, 2.24) is 0 Å². The van der Waals surface area contributed by atoms with Crippen LogP contribution in [0.2, 0.25) is 0 Å². The van der Waals surface area contributed by atoms with Gasteiger partial charge in [0.2, 0.25) is 0 Å². The number of hydrogen-bond acceptors (Lipinski definition) is 3. The minimum absolute atomic E-state index is 0.287. The van der Waals surface area contributed by atoms with Crippen LogP contribution in [0, 0.1) is 0 Å². The van der Waals surface area contributed by atoms with Gasteiger partial charge in [-0.3, -0.25) is 0 Å². The molecule has 3 rings (SSSR count). The zero-order valence-electron chi connectivity index (χ0n) is 10.6. The van der Waals surface area contributed by atoms with E-state index in [0.29, 0.717) is 11.4 Å². The Morgan fingerprint density at radius 3 is 2.60 bits per heavy atom. The summed E-state index contributed by atoms with van der Waals surface area (Å²) in [6.07, 6.45) is 0. The van der Waals surface area contributed by atoms with E-state index in [-0.39, 0.29) is 6.03 Å². The monoisotopic (exact) mass is 283 g/mol. The molecule has 0 saturated carbocycles. The number of carbonyl (C=O) groups is 1. The fourth-order valence-electron chi connectivity index (χ4n) is 1.95. The van der Waals surface area contributed by atoms with Crippen LogP contribution in [-0.4, -0.2) is 6.03 Å². The average molecular weight is 283 g/mol. The molecule has 4 nitrogen and oxygen atoms in total. The smallest absolute Gasteiger partial charge is 0.323 e. The van der Waals surface area contributed by atoms with Crippen molar-refractivity contribution < 1.29 is 4.79 Å². The highest BCUT2D eigenvalue weighted by atomic mass is 32.1. The number of anilines is 3. The van der Waals surface area contributed by atoms with Crippen molar-refractivity contribution in [2.45, 2.75) is 0 Å². The third-order valence-electron chi connectivity index (χ3n) is 2.85. The van der Waals surface area contributed by atoms with Crippen molar-refractivity contribution in [3.8, 4) is 0 Å². The summed E-state index contributed by atoms with van der Waals surface area (Å²) in [5, 5.41) is 8.70. The summed E-state index contributed by atoms with van der Waals surface area (Å²) < 4.78 is 1.20. The van der Waals surface area contributed by atoms with Gasteiger partial charge in [-0.15, -0.1) is 11.3 Å². The molecule has 0 aliphatic rings. The van der Waals surface area contributed by atoms with Crippen molar-refractivity contribution in [2.24, 2.45) is 0 Å². The maximum absolute atomic E-state index is 11.9. The minimum atomic E-state index is -0.287. The van der Waals surface area contributed by atoms with Gasteiger partial charge < -0.3 is 16.4 Å². The van der Waals surface area contributed by atoms with Gasteiger partial charge in [0.25, 0.3) is 0 Å². The molecule has 4 N–H and O–H groups in total. The maximum atomic E-state index is 11.9. The van der Waals surface area contributed by atoms with Crippen LogP contribution in [0.3, 0.4) is 0 Å². The van der Waals surface area contributed by atoms with Gasteiger partial charge in [-0.2, -0.15) is 0 Å². The summed E-state index contributed by atoms with van der Waals surface area (Å²) in [5.41, 5.74) is 7.71. The Hall–Kier alpha value is -2.53. The van der Waals surface area contributed by atoms with Crippen LogP contribution in [0.25, 0.3) is 10.1 Å².